The number of hydrogen-bond donors (Lipinski definition) is 3. The number of oxime groups is 1. The maximum atomic E-state index is 10.7. The zero-order chi connectivity index (χ0) is 12.0. The van der Waals surface area contributed by atoms with E-state index in [0.29, 0.717) is 17.9 Å². The highest BCUT2D eigenvalue weighted by atomic mass is 32.1. The van der Waals surface area contributed by atoms with Crippen LogP contribution in [-0.2, 0) is 4.84 Å². The van der Waals surface area contributed by atoms with Crippen molar-refractivity contribution in [3.8, 4) is 5.75 Å². The maximum absolute atomic E-state index is 10.7. The van der Waals surface area contributed by atoms with Gasteiger partial charge >= 0.3 is 5.97 Å². The Morgan fingerprint density at radius 1 is 1.56 bits per heavy atom. The van der Waals surface area contributed by atoms with Gasteiger partial charge in [0.05, 0.1) is 6.21 Å². The molecule has 0 amide bonds. The number of nitrogens with zero attached hydrogens (tertiary/aromatic N) is 1. The number of rotatable bonds is 5. The Labute approximate surface area is 97.8 Å². The average molecular weight is 241 g/mol. The molecule has 0 aromatic heterocycles. The number of aromatic carboxylic acids is 1. The van der Waals surface area contributed by atoms with Crippen LogP contribution in [0.25, 0.3) is 0 Å². The van der Waals surface area contributed by atoms with E-state index >= 15 is 0 Å². The summed E-state index contributed by atoms with van der Waals surface area (Å²) < 4.78 is 0. The summed E-state index contributed by atoms with van der Waals surface area (Å²) in [5, 5.41) is 21.9. The summed E-state index contributed by atoms with van der Waals surface area (Å²) in [5.74, 6) is -0.990. The van der Waals surface area contributed by atoms with Gasteiger partial charge < -0.3 is 15.1 Å². The molecule has 0 saturated carbocycles. The van der Waals surface area contributed by atoms with Gasteiger partial charge in [-0.3, -0.25) is 0 Å². The second-order valence-electron chi connectivity index (χ2n) is 2.84. The predicted octanol–water partition coefficient (Wildman–Crippen LogP) is 1.37. The smallest absolute Gasteiger partial charge is 0.339 e. The van der Waals surface area contributed by atoms with Gasteiger partial charge in [0.25, 0.3) is 0 Å². The summed E-state index contributed by atoms with van der Waals surface area (Å²) in [6.45, 7) is 0.346. The third-order valence-corrected chi connectivity index (χ3v) is 1.93. The van der Waals surface area contributed by atoms with E-state index in [9.17, 15) is 9.90 Å². The van der Waals surface area contributed by atoms with Crippen molar-refractivity contribution < 1.29 is 19.8 Å². The Bertz CT molecular complexity index is 406. The van der Waals surface area contributed by atoms with Crippen LogP contribution in [0.1, 0.15) is 15.9 Å². The van der Waals surface area contributed by atoms with Crippen LogP contribution < -0.4 is 0 Å². The number of carboxylic acids is 1. The third kappa shape index (κ3) is 3.16. The summed E-state index contributed by atoms with van der Waals surface area (Å²) in [6, 6.07) is 4.36. The van der Waals surface area contributed by atoms with Crippen LogP contribution in [0, 0.1) is 0 Å². The molecule has 6 heteroatoms. The van der Waals surface area contributed by atoms with Gasteiger partial charge in [-0.15, -0.1) is 0 Å². The van der Waals surface area contributed by atoms with Crippen molar-refractivity contribution in [3.05, 3.63) is 29.3 Å². The molecule has 0 bridgehead atoms. The fraction of sp³-hybridized carbons (Fsp3) is 0.200. The number of hydrogen-bond acceptors (Lipinski definition) is 5. The van der Waals surface area contributed by atoms with Crippen LogP contribution in [0.5, 0.6) is 5.75 Å². The fourth-order valence-corrected chi connectivity index (χ4v) is 1.11. The molecule has 0 fully saturated rings. The molecule has 0 unspecified atom stereocenters. The second kappa shape index (κ2) is 6.02. The summed E-state index contributed by atoms with van der Waals surface area (Å²) in [7, 11) is 0. The number of aromatic hydroxyl groups is 1. The van der Waals surface area contributed by atoms with Gasteiger partial charge in [-0.1, -0.05) is 11.2 Å². The molecular weight excluding hydrogens is 230 g/mol. The first-order chi connectivity index (χ1) is 7.66. The molecule has 0 spiro atoms. The van der Waals surface area contributed by atoms with Crippen LogP contribution in [0.15, 0.2) is 23.4 Å². The molecule has 2 N–H and O–H groups in total. The zero-order valence-corrected chi connectivity index (χ0v) is 9.22. The molecule has 1 aromatic carbocycles. The van der Waals surface area contributed by atoms with E-state index in [2.05, 4.69) is 17.8 Å². The first kappa shape index (κ1) is 12.4. The van der Waals surface area contributed by atoms with Gasteiger partial charge in [-0.25, -0.2) is 4.79 Å². The van der Waals surface area contributed by atoms with E-state index in [0.717, 1.165) is 0 Å². The Hall–Kier alpha value is -1.69. The molecule has 0 heterocycles. The van der Waals surface area contributed by atoms with E-state index in [1.165, 1.54) is 24.4 Å². The normalized spacial score (nSPS) is 10.6. The number of phenols is 1. The molecule has 86 valence electrons. The number of benzene rings is 1. The fourth-order valence-electron chi connectivity index (χ4n) is 1.03. The van der Waals surface area contributed by atoms with Crippen molar-refractivity contribution in [2.75, 3.05) is 12.4 Å². The lowest BCUT2D eigenvalue weighted by molar-refractivity contribution is 0.0693. The van der Waals surface area contributed by atoms with E-state index in [4.69, 9.17) is 9.94 Å². The van der Waals surface area contributed by atoms with Gasteiger partial charge in [0.15, 0.2) is 0 Å². The predicted molar refractivity (Wildman–Crippen MR) is 62.5 cm³/mol. The lowest BCUT2D eigenvalue weighted by atomic mass is 10.1. The second-order valence-corrected chi connectivity index (χ2v) is 3.29. The van der Waals surface area contributed by atoms with Crippen molar-refractivity contribution in [1.82, 2.24) is 0 Å². The molecule has 0 saturated heterocycles. The number of thiol groups is 1. The van der Waals surface area contributed by atoms with E-state index < -0.39 is 5.97 Å². The quantitative estimate of drug-likeness (QED) is 0.315. The summed E-state index contributed by atoms with van der Waals surface area (Å²) in [5.41, 5.74) is 0.122. The minimum atomic E-state index is -1.19. The summed E-state index contributed by atoms with van der Waals surface area (Å²) in [4.78, 5) is 15.5. The van der Waals surface area contributed by atoms with Crippen LogP contribution in [0.2, 0.25) is 0 Å². The summed E-state index contributed by atoms with van der Waals surface area (Å²) >= 11 is 3.92. The molecule has 16 heavy (non-hydrogen) atoms. The van der Waals surface area contributed by atoms with Crippen LogP contribution in [-0.4, -0.2) is 34.8 Å². The molecule has 5 nitrogen and oxygen atoms in total. The molecular formula is C10H11NO4S. The molecule has 1 rings (SSSR count). The highest BCUT2D eigenvalue weighted by Crippen LogP contribution is 2.20. The van der Waals surface area contributed by atoms with Gasteiger partial charge in [0, 0.05) is 11.3 Å². The number of carbonyl (C=O) groups is 1. The Morgan fingerprint density at radius 3 is 2.94 bits per heavy atom. The SMILES string of the molecule is O=C(O)c1cccc(/C=N/OCCS)c1O. The maximum Gasteiger partial charge on any atom is 0.339 e. The van der Waals surface area contributed by atoms with E-state index in [-0.39, 0.29) is 11.3 Å². The van der Waals surface area contributed by atoms with Gasteiger partial charge in [-0.2, -0.15) is 12.6 Å². The van der Waals surface area contributed by atoms with E-state index in [1.54, 1.807) is 0 Å². The highest BCUT2D eigenvalue weighted by molar-refractivity contribution is 7.80. The molecule has 1 aromatic rings. The first-order valence-electron chi connectivity index (χ1n) is 4.48. The minimum absolute atomic E-state index is 0.168. The Morgan fingerprint density at radius 2 is 2.31 bits per heavy atom. The number of para-hydroxylation sites is 1. The molecule has 0 aliphatic rings. The van der Waals surface area contributed by atoms with Crippen molar-refractivity contribution in [1.29, 1.82) is 0 Å². The molecule has 0 atom stereocenters. The topological polar surface area (TPSA) is 79.1 Å². The third-order valence-electron chi connectivity index (χ3n) is 1.75. The standard InChI is InChI=1S/C10H11NO4S/c12-9-7(6-11-15-4-5-16)2-1-3-8(9)10(13)14/h1-3,6,12,16H,4-5H2,(H,13,14)/b11-6+. The Balaban J connectivity index is 2.85. The van der Waals surface area contributed by atoms with Gasteiger partial charge in [-0.05, 0) is 12.1 Å². The lowest BCUT2D eigenvalue weighted by Gasteiger charge is -2.02. The van der Waals surface area contributed by atoms with Crippen molar-refractivity contribution in [3.63, 3.8) is 0 Å². The lowest BCUT2D eigenvalue weighted by Crippen LogP contribution is -1.98. The number of carboxylic acid groups (broad SMARTS) is 1. The first-order valence-corrected chi connectivity index (χ1v) is 5.11. The molecule has 0 radical (unpaired) electrons. The highest BCUT2D eigenvalue weighted by Gasteiger charge is 2.11. The monoisotopic (exact) mass is 241 g/mol. The zero-order valence-electron chi connectivity index (χ0n) is 8.33. The molecule has 0 aliphatic heterocycles. The summed E-state index contributed by atoms with van der Waals surface area (Å²) in [6.07, 6.45) is 1.26. The average Bonchev–Trinajstić information content (AvgIpc) is 2.26. The van der Waals surface area contributed by atoms with Crippen molar-refractivity contribution in [2.24, 2.45) is 5.16 Å². The Kier molecular flexibility index (Phi) is 4.65. The largest absolute Gasteiger partial charge is 0.506 e. The molecule has 0 aliphatic carbocycles. The van der Waals surface area contributed by atoms with Gasteiger partial charge in [0.2, 0.25) is 0 Å². The van der Waals surface area contributed by atoms with Crippen LogP contribution in [0.3, 0.4) is 0 Å². The van der Waals surface area contributed by atoms with Gasteiger partial charge in [0.1, 0.15) is 17.9 Å². The van der Waals surface area contributed by atoms with Crippen molar-refractivity contribution in [2.45, 2.75) is 0 Å². The van der Waals surface area contributed by atoms with Crippen molar-refractivity contribution >= 4 is 24.8 Å². The minimum Gasteiger partial charge on any atom is -0.506 e. The van der Waals surface area contributed by atoms with E-state index in [1.807, 2.05) is 0 Å². The van der Waals surface area contributed by atoms with Crippen LogP contribution in [0.4, 0.5) is 0 Å². The van der Waals surface area contributed by atoms with Crippen LogP contribution >= 0.6 is 12.6 Å².